The maximum absolute atomic E-state index is 4.53. The molecular weight excluding hydrogens is 278 g/mol. The third-order valence-electron chi connectivity index (χ3n) is 2.72. The second-order valence-corrected chi connectivity index (χ2v) is 5.88. The molecule has 0 aliphatic rings. The zero-order valence-electron chi connectivity index (χ0n) is 11.3. The van der Waals surface area contributed by atoms with Crippen LogP contribution in [-0.4, -0.2) is 36.6 Å². The molecule has 1 unspecified atom stereocenters. The van der Waals surface area contributed by atoms with Crippen LogP contribution in [0.4, 0.5) is 5.82 Å². The second-order valence-electron chi connectivity index (χ2n) is 5.02. The maximum Gasteiger partial charge on any atom is 0.126 e. The van der Waals surface area contributed by atoms with E-state index in [1.54, 1.807) is 0 Å². The van der Waals surface area contributed by atoms with Crippen molar-refractivity contribution < 1.29 is 0 Å². The summed E-state index contributed by atoms with van der Waals surface area (Å²) in [5.74, 6) is 1.52. The van der Waals surface area contributed by atoms with Gasteiger partial charge in [0.15, 0.2) is 0 Å². The second kappa shape index (κ2) is 6.36. The molecular formula is C13H22BrN3. The Balaban J connectivity index is 2.75. The summed E-state index contributed by atoms with van der Waals surface area (Å²) in [6, 6.07) is 4.47. The fraction of sp³-hybridized carbons (Fsp3) is 0.615. The van der Waals surface area contributed by atoms with Gasteiger partial charge in [-0.15, -0.1) is 0 Å². The third kappa shape index (κ3) is 4.64. The molecule has 0 aliphatic carbocycles. The van der Waals surface area contributed by atoms with Gasteiger partial charge in [-0.05, 0) is 55.0 Å². The van der Waals surface area contributed by atoms with Crippen molar-refractivity contribution in [2.75, 3.05) is 26.0 Å². The monoisotopic (exact) mass is 299 g/mol. The van der Waals surface area contributed by atoms with Gasteiger partial charge in [-0.3, -0.25) is 0 Å². The Labute approximate surface area is 113 Å². The summed E-state index contributed by atoms with van der Waals surface area (Å²) in [4.78, 5) is 6.72. The van der Waals surface area contributed by atoms with Crippen LogP contribution in [0, 0.1) is 12.8 Å². The standard InChI is InChI=1S/C13H22BrN3/c1-9(2)12(8-17(4)5)16-13-7-6-11(14)10(3)15-13/h6-7,9,12H,8H2,1-5H3,(H,15,16). The molecule has 0 saturated heterocycles. The fourth-order valence-corrected chi connectivity index (χ4v) is 1.85. The van der Waals surface area contributed by atoms with Crippen molar-refractivity contribution in [3.8, 4) is 0 Å². The average Bonchev–Trinajstić information content (AvgIpc) is 2.21. The molecule has 1 heterocycles. The Morgan fingerprint density at radius 3 is 2.47 bits per heavy atom. The Hall–Kier alpha value is -0.610. The number of hydrogen-bond acceptors (Lipinski definition) is 3. The number of aryl methyl sites for hydroxylation is 1. The van der Waals surface area contributed by atoms with E-state index in [-0.39, 0.29) is 0 Å². The molecule has 1 N–H and O–H groups in total. The first-order valence-electron chi connectivity index (χ1n) is 5.94. The molecule has 1 aromatic heterocycles. The maximum atomic E-state index is 4.53. The molecule has 1 rings (SSSR count). The third-order valence-corrected chi connectivity index (χ3v) is 3.56. The molecule has 0 radical (unpaired) electrons. The molecule has 1 aromatic rings. The lowest BCUT2D eigenvalue weighted by molar-refractivity contribution is 0.344. The number of nitrogens with one attached hydrogen (secondary N) is 1. The van der Waals surface area contributed by atoms with E-state index in [4.69, 9.17) is 0 Å². The van der Waals surface area contributed by atoms with Crippen molar-refractivity contribution in [3.63, 3.8) is 0 Å². The first-order valence-corrected chi connectivity index (χ1v) is 6.74. The highest BCUT2D eigenvalue weighted by Crippen LogP contribution is 2.18. The SMILES string of the molecule is Cc1nc(NC(CN(C)C)C(C)C)ccc1Br. The van der Waals surface area contributed by atoms with E-state index in [9.17, 15) is 0 Å². The van der Waals surface area contributed by atoms with Crippen molar-refractivity contribution >= 4 is 21.7 Å². The van der Waals surface area contributed by atoms with Crippen LogP contribution < -0.4 is 5.32 Å². The predicted octanol–water partition coefficient (Wildman–Crippen LogP) is 3.15. The lowest BCUT2D eigenvalue weighted by Gasteiger charge is -2.26. The molecule has 3 nitrogen and oxygen atoms in total. The molecule has 0 spiro atoms. The summed E-state index contributed by atoms with van der Waals surface area (Å²) in [6.07, 6.45) is 0. The normalized spacial score (nSPS) is 13.2. The summed E-state index contributed by atoms with van der Waals surface area (Å²) >= 11 is 3.47. The van der Waals surface area contributed by atoms with Gasteiger partial charge in [0.05, 0.1) is 5.69 Å². The van der Waals surface area contributed by atoms with Gasteiger partial charge in [0, 0.05) is 17.1 Å². The highest BCUT2D eigenvalue weighted by Gasteiger charge is 2.14. The van der Waals surface area contributed by atoms with Crippen LogP contribution in [0.25, 0.3) is 0 Å². The molecule has 4 heteroatoms. The van der Waals surface area contributed by atoms with Gasteiger partial charge in [-0.1, -0.05) is 13.8 Å². The topological polar surface area (TPSA) is 28.2 Å². The van der Waals surface area contributed by atoms with E-state index in [2.05, 4.69) is 59.1 Å². The number of aromatic nitrogens is 1. The lowest BCUT2D eigenvalue weighted by Crippen LogP contribution is -2.36. The first kappa shape index (κ1) is 14.5. The molecule has 0 amide bonds. The van der Waals surface area contributed by atoms with Crippen LogP contribution in [0.15, 0.2) is 16.6 Å². The molecule has 0 fully saturated rings. The Bertz CT molecular complexity index is 364. The van der Waals surface area contributed by atoms with Crippen molar-refractivity contribution in [2.45, 2.75) is 26.8 Å². The number of rotatable bonds is 5. The van der Waals surface area contributed by atoms with Crippen LogP contribution in [0.5, 0.6) is 0 Å². The minimum atomic E-state index is 0.415. The van der Waals surface area contributed by atoms with Crippen molar-refractivity contribution in [1.82, 2.24) is 9.88 Å². The van der Waals surface area contributed by atoms with Crippen molar-refractivity contribution in [3.05, 3.63) is 22.3 Å². The summed E-state index contributed by atoms with van der Waals surface area (Å²) in [5, 5.41) is 3.50. The van der Waals surface area contributed by atoms with Gasteiger partial charge >= 0.3 is 0 Å². The summed E-state index contributed by atoms with van der Waals surface area (Å²) < 4.78 is 1.05. The summed E-state index contributed by atoms with van der Waals surface area (Å²) in [7, 11) is 4.19. The molecule has 17 heavy (non-hydrogen) atoms. The summed E-state index contributed by atoms with van der Waals surface area (Å²) in [6.45, 7) is 7.47. The van der Waals surface area contributed by atoms with Crippen LogP contribution in [-0.2, 0) is 0 Å². The van der Waals surface area contributed by atoms with Gasteiger partial charge in [0.1, 0.15) is 5.82 Å². The van der Waals surface area contributed by atoms with E-state index < -0.39 is 0 Å². The Morgan fingerprint density at radius 1 is 1.35 bits per heavy atom. The number of hydrogen-bond donors (Lipinski definition) is 1. The van der Waals surface area contributed by atoms with E-state index in [0.717, 1.165) is 22.5 Å². The predicted molar refractivity (Wildman–Crippen MR) is 77.5 cm³/mol. The van der Waals surface area contributed by atoms with E-state index >= 15 is 0 Å². The number of likely N-dealkylation sites (N-methyl/N-ethyl adjacent to an activating group) is 1. The summed E-state index contributed by atoms with van der Waals surface area (Å²) in [5.41, 5.74) is 1.02. The Morgan fingerprint density at radius 2 is 2.00 bits per heavy atom. The van der Waals surface area contributed by atoms with E-state index in [1.165, 1.54) is 0 Å². The van der Waals surface area contributed by atoms with Crippen LogP contribution in [0.2, 0.25) is 0 Å². The van der Waals surface area contributed by atoms with Gasteiger partial charge in [0.2, 0.25) is 0 Å². The smallest absolute Gasteiger partial charge is 0.126 e. The zero-order chi connectivity index (χ0) is 13.0. The molecule has 0 bridgehead atoms. The molecule has 0 aliphatic heterocycles. The minimum Gasteiger partial charge on any atom is -0.366 e. The lowest BCUT2D eigenvalue weighted by atomic mass is 10.0. The average molecular weight is 300 g/mol. The number of pyridine rings is 1. The number of anilines is 1. The van der Waals surface area contributed by atoms with Crippen molar-refractivity contribution in [2.24, 2.45) is 5.92 Å². The van der Waals surface area contributed by atoms with Crippen molar-refractivity contribution in [1.29, 1.82) is 0 Å². The number of nitrogens with zero attached hydrogens (tertiary/aromatic N) is 2. The molecule has 96 valence electrons. The largest absolute Gasteiger partial charge is 0.366 e. The van der Waals surface area contributed by atoms with Gasteiger partial charge < -0.3 is 10.2 Å². The molecule has 0 aromatic carbocycles. The number of halogens is 1. The van der Waals surface area contributed by atoms with Crippen LogP contribution >= 0.6 is 15.9 Å². The quantitative estimate of drug-likeness (QED) is 0.905. The molecule has 1 atom stereocenters. The van der Waals surface area contributed by atoms with Crippen LogP contribution in [0.3, 0.4) is 0 Å². The molecule has 0 saturated carbocycles. The first-order chi connectivity index (χ1) is 7.90. The highest BCUT2D eigenvalue weighted by molar-refractivity contribution is 9.10. The van der Waals surface area contributed by atoms with Gasteiger partial charge in [-0.25, -0.2) is 4.98 Å². The fourth-order valence-electron chi connectivity index (χ4n) is 1.63. The van der Waals surface area contributed by atoms with Gasteiger partial charge in [-0.2, -0.15) is 0 Å². The highest BCUT2D eigenvalue weighted by atomic mass is 79.9. The van der Waals surface area contributed by atoms with Gasteiger partial charge in [0.25, 0.3) is 0 Å². The zero-order valence-corrected chi connectivity index (χ0v) is 12.9. The minimum absolute atomic E-state index is 0.415. The van der Waals surface area contributed by atoms with E-state index in [1.807, 2.05) is 19.1 Å². The van der Waals surface area contributed by atoms with E-state index in [0.29, 0.717) is 12.0 Å². The Kier molecular flexibility index (Phi) is 5.40. The van der Waals surface area contributed by atoms with Crippen LogP contribution in [0.1, 0.15) is 19.5 Å².